The number of non-ortho nitro benzene ring substituents is 1. The van der Waals surface area contributed by atoms with Crippen LogP contribution in [0.4, 0.5) is 5.69 Å². The predicted octanol–water partition coefficient (Wildman–Crippen LogP) is -0.0649. The van der Waals surface area contributed by atoms with Gasteiger partial charge >= 0.3 is 11.9 Å². The number of aliphatic carboxylic acids is 2. The second kappa shape index (κ2) is 17.1. The van der Waals surface area contributed by atoms with Crippen molar-refractivity contribution in [2.24, 2.45) is 0 Å². The molecular formula is C25H27N5O11S. The highest BCUT2D eigenvalue weighted by atomic mass is 32.2. The van der Waals surface area contributed by atoms with Crippen molar-refractivity contribution in [1.82, 2.24) is 21.4 Å². The molecule has 0 radical (unpaired) electrons. The summed E-state index contributed by atoms with van der Waals surface area (Å²) in [6.45, 7) is 0.232. The molecule has 224 valence electrons. The molecule has 3 atom stereocenters. The van der Waals surface area contributed by atoms with Crippen molar-refractivity contribution in [2.75, 3.05) is 12.3 Å². The number of carbonyl (C=O) groups excluding carboxylic acids is 3. The molecule has 17 heteroatoms. The van der Waals surface area contributed by atoms with Crippen LogP contribution in [0.1, 0.15) is 42.5 Å². The average molecular weight is 606 g/mol. The summed E-state index contributed by atoms with van der Waals surface area (Å²) in [6, 6.07) is -0.812. The van der Waals surface area contributed by atoms with Crippen molar-refractivity contribution in [2.45, 2.75) is 55.1 Å². The third kappa shape index (κ3) is 11.0. The number of fused-ring (bicyclic) bond motifs is 1. The van der Waals surface area contributed by atoms with Crippen LogP contribution in [-0.4, -0.2) is 75.2 Å². The number of benzene rings is 1. The van der Waals surface area contributed by atoms with Crippen LogP contribution in [0.5, 0.6) is 0 Å². The van der Waals surface area contributed by atoms with Gasteiger partial charge in [-0.1, -0.05) is 4.99 Å². The number of nitrogens with one attached hydrogen (secondary N) is 4. The van der Waals surface area contributed by atoms with E-state index in [-0.39, 0.29) is 35.6 Å². The monoisotopic (exact) mass is 605 g/mol. The van der Waals surface area contributed by atoms with Gasteiger partial charge in [0.1, 0.15) is 18.1 Å². The number of hydrogen-bond donors (Lipinski definition) is 6. The highest BCUT2D eigenvalue weighted by Gasteiger charge is 2.32. The van der Waals surface area contributed by atoms with Crippen molar-refractivity contribution >= 4 is 47.1 Å². The van der Waals surface area contributed by atoms with Crippen LogP contribution in [-0.2, 0) is 29.1 Å². The number of hydrogen-bond acceptors (Lipinski definition) is 11. The standard InChI is InChI=1S/C25H27N5O11S/c1-2-3-12-40-41-26-11-5-4-6-17-23(34)29-19(25(36)37)14-42-20-9-7-15(30(38)39)13-16(20)22(33)27-18(24(35)28-17)8-10-21(31)32/h1,7,9,13,17-19,26H,4-6,8,10-11,14H2,(H,27,33)(H,28,35)(H,29,34)(H,31,32)(H,36,37)/t17?,18-,19-/m0/s1. The lowest BCUT2D eigenvalue weighted by atomic mass is 10.1. The molecule has 16 nitrogen and oxygen atoms in total. The van der Waals surface area contributed by atoms with Gasteiger partial charge in [-0.25, -0.2) is 4.79 Å². The molecule has 0 aromatic heterocycles. The summed E-state index contributed by atoms with van der Waals surface area (Å²) in [4.78, 5) is 82.3. The van der Waals surface area contributed by atoms with Gasteiger partial charge in [-0.2, -0.15) is 5.48 Å². The molecular weight excluding hydrogens is 578 g/mol. The summed E-state index contributed by atoms with van der Waals surface area (Å²) >= 11 is 0.853. The smallest absolute Gasteiger partial charge is 0.327 e. The number of terminal acetylenes is 1. The number of hydroxylamine groups is 1. The maximum Gasteiger partial charge on any atom is 0.327 e. The van der Waals surface area contributed by atoms with Gasteiger partial charge < -0.3 is 26.2 Å². The summed E-state index contributed by atoms with van der Waals surface area (Å²) in [5, 5.41) is 37.4. The lowest BCUT2D eigenvalue weighted by molar-refractivity contribution is -0.384. The molecule has 1 aliphatic heterocycles. The number of rotatable bonds is 12. The van der Waals surface area contributed by atoms with Gasteiger partial charge in [-0.05, 0) is 37.7 Å². The fraction of sp³-hybridized carbons (Fsp3) is 0.400. The van der Waals surface area contributed by atoms with Crippen LogP contribution in [0, 0.1) is 34.5 Å². The number of nitrogens with zero attached hydrogens (tertiary/aromatic N) is 1. The fourth-order valence-corrected chi connectivity index (χ4v) is 4.60. The summed E-state index contributed by atoms with van der Waals surface area (Å²) < 4.78 is 0. The number of carboxylic acid groups (broad SMARTS) is 2. The van der Waals surface area contributed by atoms with Crippen LogP contribution in [0.25, 0.3) is 0 Å². The minimum Gasteiger partial charge on any atom is -0.481 e. The molecule has 0 bridgehead atoms. The number of amides is 3. The molecule has 0 fully saturated rings. The maximum absolute atomic E-state index is 13.2. The molecule has 0 saturated heterocycles. The molecule has 0 spiro atoms. The Morgan fingerprint density at radius 1 is 1.12 bits per heavy atom. The molecule has 1 heterocycles. The topological polar surface area (TPSA) is 236 Å². The molecule has 1 aromatic rings. The summed E-state index contributed by atoms with van der Waals surface area (Å²) in [5.74, 6) is -1.38. The van der Waals surface area contributed by atoms with Crippen LogP contribution in [0.15, 0.2) is 23.1 Å². The van der Waals surface area contributed by atoms with E-state index >= 15 is 0 Å². The first kappa shape index (κ1) is 33.4. The van der Waals surface area contributed by atoms with Crippen LogP contribution < -0.4 is 21.4 Å². The normalized spacial score (nSPS) is 18.9. The second-order valence-electron chi connectivity index (χ2n) is 8.60. The maximum atomic E-state index is 13.2. The van der Waals surface area contributed by atoms with E-state index < -0.39 is 64.8 Å². The Morgan fingerprint density at radius 2 is 1.83 bits per heavy atom. The van der Waals surface area contributed by atoms with E-state index in [0.29, 0.717) is 12.8 Å². The molecule has 2 rings (SSSR count). The van der Waals surface area contributed by atoms with E-state index in [9.17, 15) is 39.2 Å². The molecule has 1 unspecified atom stereocenters. The van der Waals surface area contributed by atoms with Crippen molar-refractivity contribution in [3.05, 3.63) is 33.9 Å². The fourth-order valence-electron chi connectivity index (χ4n) is 3.56. The Labute approximate surface area is 243 Å². The number of thioether (sulfide) groups is 1. The van der Waals surface area contributed by atoms with Gasteiger partial charge in [0, 0.05) is 41.7 Å². The molecule has 1 aromatic carbocycles. The zero-order chi connectivity index (χ0) is 31.1. The summed E-state index contributed by atoms with van der Waals surface area (Å²) in [7, 11) is 0. The highest BCUT2D eigenvalue weighted by molar-refractivity contribution is 7.99. The van der Waals surface area contributed by atoms with Crippen molar-refractivity contribution in [3.8, 4) is 24.4 Å². The van der Waals surface area contributed by atoms with E-state index in [1.165, 1.54) is 6.07 Å². The number of carbonyl (C=O) groups is 5. The SMILES string of the molecule is C#CC#COONCCCCC1NC(=O)[C@H](CCC(=O)O)NC(=O)c2cc([N+](=O)[O-])ccc2SC[C@@H](C(=O)O)NC1=O. The van der Waals surface area contributed by atoms with E-state index in [1.54, 1.807) is 0 Å². The lowest BCUT2D eigenvalue weighted by Gasteiger charge is -2.24. The largest absolute Gasteiger partial charge is 0.481 e. The quantitative estimate of drug-likeness (QED) is 0.0603. The van der Waals surface area contributed by atoms with Crippen LogP contribution >= 0.6 is 11.8 Å². The van der Waals surface area contributed by atoms with Gasteiger partial charge in [0.05, 0.1) is 10.5 Å². The number of nitro benzene ring substituents is 1. The Balaban J connectivity index is 2.30. The molecule has 42 heavy (non-hydrogen) atoms. The average Bonchev–Trinajstić information content (AvgIpc) is 2.95. The van der Waals surface area contributed by atoms with Crippen molar-refractivity contribution < 1.29 is 49.0 Å². The second-order valence-corrected chi connectivity index (χ2v) is 9.66. The first-order valence-electron chi connectivity index (χ1n) is 12.3. The summed E-state index contributed by atoms with van der Waals surface area (Å²) in [5.41, 5.74) is 1.78. The number of nitro groups is 1. The lowest BCUT2D eigenvalue weighted by Crippen LogP contribution is -2.56. The highest BCUT2D eigenvalue weighted by Crippen LogP contribution is 2.28. The number of carboxylic acids is 2. The first-order valence-corrected chi connectivity index (χ1v) is 13.3. The van der Waals surface area contributed by atoms with Crippen molar-refractivity contribution in [1.29, 1.82) is 0 Å². The van der Waals surface area contributed by atoms with E-state index in [4.69, 9.17) is 11.5 Å². The van der Waals surface area contributed by atoms with Gasteiger partial charge in [0.15, 0.2) is 6.11 Å². The van der Waals surface area contributed by atoms with E-state index in [0.717, 1.165) is 23.9 Å². The third-order valence-corrected chi connectivity index (χ3v) is 6.79. The third-order valence-electron chi connectivity index (χ3n) is 5.63. The molecule has 1 aliphatic rings. The predicted molar refractivity (Wildman–Crippen MR) is 144 cm³/mol. The Kier molecular flexibility index (Phi) is 13.6. The zero-order valence-corrected chi connectivity index (χ0v) is 22.7. The molecule has 6 N–H and O–H groups in total. The van der Waals surface area contributed by atoms with Gasteiger partial charge in [0.25, 0.3) is 11.6 Å². The molecule has 0 aliphatic carbocycles. The van der Waals surface area contributed by atoms with Gasteiger partial charge in [-0.15, -0.1) is 18.2 Å². The molecule has 0 saturated carbocycles. The Bertz CT molecular complexity index is 1300. The minimum absolute atomic E-state index is 0.0303. The van der Waals surface area contributed by atoms with Gasteiger partial charge in [-0.3, -0.25) is 34.2 Å². The van der Waals surface area contributed by atoms with E-state index in [1.807, 2.05) is 5.92 Å². The number of unbranched alkanes of at least 4 members (excludes halogenated alkanes) is 1. The van der Waals surface area contributed by atoms with Crippen LogP contribution in [0.3, 0.4) is 0 Å². The minimum atomic E-state index is -1.45. The molecule has 3 amide bonds. The van der Waals surface area contributed by atoms with Gasteiger partial charge in [0.2, 0.25) is 11.8 Å². The zero-order valence-electron chi connectivity index (χ0n) is 21.9. The summed E-state index contributed by atoms with van der Waals surface area (Å²) in [6.07, 6.45) is 6.85. The first-order chi connectivity index (χ1) is 20.0. The van der Waals surface area contributed by atoms with Crippen LogP contribution in [0.2, 0.25) is 0 Å². The van der Waals surface area contributed by atoms with E-state index in [2.05, 4.69) is 43.3 Å². The Hall–Kier alpha value is -4.84. The Morgan fingerprint density at radius 3 is 2.50 bits per heavy atom. The van der Waals surface area contributed by atoms with Crippen molar-refractivity contribution in [3.63, 3.8) is 0 Å².